The highest BCUT2D eigenvalue weighted by molar-refractivity contribution is 7.92. The molecule has 1 N–H and O–H groups in total. The Morgan fingerprint density at radius 1 is 0.885 bits per heavy atom. The van der Waals surface area contributed by atoms with E-state index in [0.717, 1.165) is 24.8 Å². The van der Waals surface area contributed by atoms with Crippen molar-refractivity contribution in [3.05, 3.63) is 64.1 Å². The van der Waals surface area contributed by atoms with Gasteiger partial charge < -0.3 is 5.11 Å². The van der Waals surface area contributed by atoms with Crippen LogP contribution in [0, 0.1) is 0 Å². The van der Waals surface area contributed by atoms with E-state index in [1.165, 1.54) is 24.3 Å². The van der Waals surface area contributed by atoms with Crippen LogP contribution in [0.4, 0.5) is 0 Å². The van der Waals surface area contributed by atoms with Crippen LogP contribution in [0.3, 0.4) is 0 Å². The number of carboxylic acids is 1. The maximum absolute atomic E-state index is 12.6. The van der Waals surface area contributed by atoms with Gasteiger partial charge in [0.25, 0.3) is 0 Å². The molecule has 0 bridgehead atoms. The van der Waals surface area contributed by atoms with E-state index >= 15 is 0 Å². The smallest absolute Gasteiger partial charge is 0.322 e. The fourth-order valence-electron chi connectivity index (χ4n) is 2.69. The van der Waals surface area contributed by atoms with Crippen LogP contribution in [-0.2, 0) is 21.1 Å². The Bertz CT molecular complexity index is 831. The normalized spacial score (nSPS) is 12.7. The predicted molar refractivity (Wildman–Crippen MR) is 104 cm³/mol. The zero-order chi connectivity index (χ0) is 19.2. The van der Waals surface area contributed by atoms with Crippen molar-refractivity contribution in [2.45, 2.75) is 42.2 Å². The fraction of sp³-hybridized carbons (Fsp3) is 0.316. The molecule has 0 heterocycles. The average Bonchev–Trinajstić information content (AvgIpc) is 2.59. The number of hydrogen-bond acceptors (Lipinski definition) is 3. The van der Waals surface area contributed by atoms with E-state index in [1.54, 1.807) is 0 Å². The van der Waals surface area contributed by atoms with Gasteiger partial charge in [0.2, 0.25) is 0 Å². The Kier molecular flexibility index (Phi) is 7.50. The van der Waals surface area contributed by atoms with Crippen LogP contribution in [0.15, 0.2) is 53.4 Å². The van der Waals surface area contributed by atoms with Gasteiger partial charge >= 0.3 is 5.97 Å². The summed E-state index contributed by atoms with van der Waals surface area (Å²) in [6, 6.07) is 13.1. The van der Waals surface area contributed by atoms with Crippen LogP contribution in [-0.4, -0.2) is 24.7 Å². The van der Waals surface area contributed by atoms with Crippen LogP contribution < -0.4 is 0 Å². The second-order valence-corrected chi connectivity index (χ2v) is 9.05. The third-order valence-electron chi connectivity index (χ3n) is 4.14. The molecule has 0 aliphatic rings. The van der Waals surface area contributed by atoms with Crippen molar-refractivity contribution in [3.8, 4) is 0 Å². The van der Waals surface area contributed by atoms with E-state index in [2.05, 4.69) is 0 Å². The molecule has 0 aliphatic heterocycles. The SMILES string of the molecule is O=C(O)C(CCCCCc1ccc(Cl)cc1)S(=O)(=O)c1ccc(Cl)cc1. The van der Waals surface area contributed by atoms with Crippen LogP contribution in [0.1, 0.15) is 31.2 Å². The number of rotatable bonds is 9. The van der Waals surface area contributed by atoms with Crippen molar-refractivity contribution in [1.82, 2.24) is 0 Å². The number of unbranched alkanes of at least 4 members (excludes halogenated alkanes) is 2. The number of sulfone groups is 1. The molecule has 1 unspecified atom stereocenters. The van der Waals surface area contributed by atoms with Gasteiger partial charge in [0.05, 0.1) is 4.90 Å². The summed E-state index contributed by atoms with van der Waals surface area (Å²) in [5.74, 6) is -1.32. The van der Waals surface area contributed by atoms with Crippen molar-refractivity contribution < 1.29 is 18.3 Å². The van der Waals surface area contributed by atoms with Crippen molar-refractivity contribution >= 4 is 39.0 Å². The molecule has 0 spiro atoms. The fourth-order valence-corrected chi connectivity index (χ4v) is 4.52. The second kappa shape index (κ2) is 9.40. The van der Waals surface area contributed by atoms with Gasteiger partial charge in [-0.3, -0.25) is 4.79 Å². The Hall–Kier alpha value is -1.56. The van der Waals surface area contributed by atoms with E-state index in [0.29, 0.717) is 16.5 Å². The number of benzene rings is 2. The van der Waals surface area contributed by atoms with E-state index in [-0.39, 0.29) is 11.3 Å². The van der Waals surface area contributed by atoms with Crippen molar-refractivity contribution in [2.75, 3.05) is 0 Å². The molecule has 0 fully saturated rings. The molecule has 2 aromatic rings. The van der Waals surface area contributed by atoms with Crippen LogP contribution in [0.2, 0.25) is 10.0 Å². The summed E-state index contributed by atoms with van der Waals surface area (Å²) in [5, 5.41) is 9.01. The maximum atomic E-state index is 12.6. The summed E-state index contributed by atoms with van der Waals surface area (Å²) in [4.78, 5) is 11.5. The molecule has 0 radical (unpaired) electrons. The van der Waals surface area contributed by atoms with Gasteiger partial charge in [-0.25, -0.2) is 8.42 Å². The highest BCUT2D eigenvalue weighted by Crippen LogP contribution is 2.23. The first-order valence-electron chi connectivity index (χ1n) is 8.27. The van der Waals surface area contributed by atoms with Gasteiger partial charge in [0, 0.05) is 10.0 Å². The first-order valence-corrected chi connectivity index (χ1v) is 10.6. The second-order valence-electron chi connectivity index (χ2n) is 6.05. The van der Waals surface area contributed by atoms with Crippen LogP contribution in [0.5, 0.6) is 0 Å². The van der Waals surface area contributed by atoms with Gasteiger partial charge in [-0.15, -0.1) is 0 Å². The lowest BCUT2D eigenvalue weighted by atomic mass is 10.1. The van der Waals surface area contributed by atoms with E-state index in [9.17, 15) is 18.3 Å². The molecule has 7 heteroatoms. The monoisotopic (exact) mass is 414 g/mol. The lowest BCUT2D eigenvalue weighted by Gasteiger charge is -2.13. The number of aliphatic carboxylic acids is 1. The molecule has 1 atom stereocenters. The molecule has 0 aromatic heterocycles. The third-order valence-corrected chi connectivity index (χ3v) is 6.76. The Balaban J connectivity index is 1.90. The van der Waals surface area contributed by atoms with Crippen molar-refractivity contribution in [1.29, 1.82) is 0 Å². The minimum Gasteiger partial charge on any atom is -0.480 e. The largest absolute Gasteiger partial charge is 0.480 e. The van der Waals surface area contributed by atoms with Crippen molar-refractivity contribution in [2.24, 2.45) is 0 Å². The lowest BCUT2D eigenvalue weighted by molar-refractivity contribution is -0.136. The third kappa shape index (κ3) is 5.73. The number of carbonyl (C=O) groups is 1. The Morgan fingerprint density at radius 2 is 1.42 bits per heavy atom. The van der Waals surface area contributed by atoms with Gasteiger partial charge in [-0.2, -0.15) is 0 Å². The van der Waals surface area contributed by atoms with Crippen LogP contribution in [0.25, 0.3) is 0 Å². The summed E-state index contributed by atoms with van der Waals surface area (Å²) in [7, 11) is -3.93. The van der Waals surface area contributed by atoms with Crippen molar-refractivity contribution in [3.63, 3.8) is 0 Å². The minimum absolute atomic E-state index is 0.0181. The minimum atomic E-state index is -3.93. The van der Waals surface area contributed by atoms with Gasteiger partial charge in [-0.05, 0) is 61.2 Å². The Labute approximate surface area is 163 Å². The molecule has 26 heavy (non-hydrogen) atoms. The summed E-state index contributed by atoms with van der Waals surface area (Å²) in [6.45, 7) is 0. The topological polar surface area (TPSA) is 71.4 Å². The predicted octanol–water partition coefficient (Wildman–Crippen LogP) is 5.02. The molecular weight excluding hydrogens is 395 g/mol. The molecular formula is C19H20Cl2O4S. The summed E-state index contributed by atoms with van der Waals surface area (Å²) >= 11 is 11.6. The molecule has 0 amide bonds. The van der Waals surface area contributed by atoms with Gasteiger partial charge in [0.15, 0.2) is 15.1 Å². The number of aryl methyl sites for hydroxylation is 1. The zero-order valence-corrected chi connectivity index (χ0v) is 16.4. The Morgan fingerprint density at radius 3 is 1.96 bits per heavy atom. The quantitative estimate of drug-likeness (QED) is 0.584. The summed E-state index contributed by atoms with van der Waals surface area (Å²) in [6.07, 6.45) is 3.06. The average molecular weight is 415 g/mol. The molecule has 0 aliphatic carbocycles. The number of hydrogen-bond donors (Lipinski definition) is 1. The number of carboxylic acid groups (broad SMARTS) is 1. The van der Waals surface area contributed by atoms with Gasteiger partial charge in [-0.1, -0.05) is 48.2 Å². The summed E-state index contributed by atoms with van der Waals surface area (Å²) in [5.41, 5.74) is 1.15. The van der Waals surface area contributed by atoms with E-state index in [1.807, 2.05) is 24.3 Å². The first kappa shape index (κ1) is 20.7. The molecule has 140 valence electrons. The highest BCUT2D eigenvalue weighted by atomic mass is 35.5. The standard InChI is InChI=1S/C19H20Cl2O4S/c20-15-8-6-14(7-9-15)4-2-1-3-5-18(19(22)23)26(24,25)17-12-10-16(21)11-13-17/h6-13,18H,1-5H2,(H,22,23). The van der Waals surface area contributed by atoms with Gasteiger partial charge in [0.1, 0.15) is 0 Å². The molecule has 2 rings (SSSR count). The highest BCUT2D eigenvalue weighted by Gasteiger charge is 2.33. The summed E-state index contributed by atoms with van der Waals surface area (Å²) < 4.78 is 25.1. The molecule has 2 aromatic carbocycles. The molecule has 0 saturated heterocycles. The zero-order valence-electron chi connectivity index (χ0n) is 14.1. The molecule has 0 saturated carbocycles. The van der Waals surface area contributed by atoms with Crippen LogP contribution >= 0.6 is 23.2 Å². The maximum Gasteiger partial charge on any atom is 0.322 e. The number of halogens is 2. The van der Waals surface area contributed by atoms with E-state index < -0.39 is 21.1 Å². The first-order chi connectivity index (χ1) is 12.3. The van der Waals surface area contributed by atoms with E-state index in [4.69, 9.17) is 23.2 Å². The lowest BCUT2D eigenvalue weighted by Crippen LogP contribution is -2.30. The molecule has 4 nitrogen and oxygen atoms in total.